The highest BCUT2D eigenvalue weighted by atomic mass is 35.5. The Bertz CT molecular complexity index is 1240. The molecular formula is C24H21ClN2O3. The lowest BCUT2D eigenvalue weighted by Gasteiger charge is -2.11. The molecule has 0 fully saturated rings. The van der Waals surface area contributed by atoms with E-state index in [0.29, 0.717) is 27.9 Å². The van der Waals surface area contributed by atoms with Gasteiger partial charge in [-0.2, -0.15) is 0 Å². The lowest BCUT2D eigenvalue weighted by Crippen LogP contribution is -2.13. The first-order valence-corrected chi connectivity index (χ1v) is 9.87. The van der Waals surface area contributed by atoms with Gasteiger partial charge >= 0.3 is 0 Å². The molecule has 0 saturated carbocycles. The van der Waals surface area contributed by atoms with Gasteiger partial charge in [-0.25, -0.2) is 4.98 Å². The number of oxazole rings is 1. The zero-order valence-electron chi connectivity index (χ0n) is 17.2. The Morgan fingerprint density at radius 2 is 1.77 bits per heavy atom. The molecule has 0 atom stereocenters. The van der Waals surface area contributed by atoms with Crippen LogP contribution in [0.5, 0.6) is 5.75 Å². The van der Waals surface area contributed by atoms with Gasteiger partial charge in [0, 0.05) is 16.8 Å². The number of amides is 1. The molecule has 4 rings (SSSR count). The molecule has 1 N–H and O–H groups in total. The van der Waals surface area contributed by atoms with E-state index in [-0.39, 0.29) is 5.91 Å². The second kappa shape index (κ2) is 7.84. The number of carbonyl (C=O) groups excluding carboxylic acids is 1. The van der Waals surface area contributed by atoms with Crippen molar-refractivity contribution in [2.24, 2.45) is 0 Å². The summed E-state index contributed by atoms with van der Waals surface area (Å²) in [5, 5.41) is 3.33. The Kier molecular flexibility index (Phi) is 5.22. The maximum atomic E-state index is 12.7. The average Bonchev–Trinajstić information content (AvgIpc) is 3.12. The number of aryl methyl sites for hydroxylation is 3. The van der Waals surface area contributed by atoms with Crippen LogP contribution in [-0.2, 0) is 0 Å². The largest absolute Gasteiger partial charge is 0.495 e. The van der Waals surface area contributed by atoms with E-state index in [4.69, 9.17) is 20.8 Å². The summed E-state index contributed by atoms with van der Waals surface area (Å²) >= 11 is 6.15. The minimum Gasteiger partial charge on any atom is -0.495 e. The lowest BCUT2D eigenvalue weighted by molar-refractivity contribution is 0.102. The van der Waals surface area contributed by atoms with Crippen LogP contribution >= 0.6 is 11.6 Å². The van der Waals surface area contributed by atoms with Crippen LogP contribution in [0.3, 0.4) is 0 Å². The Labute approximate surface area is 179 Å². The maximum absolute atomic E-state index is 12.7. The molecule has 5 nitrogen and oxygen atoms in total. The molecule has 6 heteroatoms. The van der Waals surface area contributed by atoms with Gasteiger partial charge in [0.1, 0.15) is 11.3 Å². The monoisotopic (exact) mass is 420 g/mol. The summed E-state index contributed by atoms with van der Waals surface area (Å²) in [6.45, 7) is 6.02. The van der Waals surface area contributed by atoms with Crippen molar-refractivity contribution >= 4 is 34.3 Å². The summed E-state index contributed by atoms with van der Waals surface area (Å²) in [5.74, 6) is 0.773. The molecular weight excluding hydrogens is 400 g/mol. The maximum Gasteiger partial charge on any atom is 0.255 e. The lowest BCUT2D eigenvalue weighted by atomic mass is 10.1. The predicted octanol–water partition coefficient (Wildman–Crippen LogP) is 6.33. The highest BCUT2D eigenvalue weighted by Crippen LogP contribution is 2.30. The molecule has 4 aromatic rings. The van der Waals surface area contributed by atoms with Gasteiger partial charge in [0.15, 0.2) is 5.58 Å². The van der Waals surface area contributed by atoms with Crippen molar-refractivity contribution in [3.8, 4) is 17.2 Å². The molecule has 0 saturated heterocycles. The fraction of sp³-hybridized carbons (Fsp3) is 0.167. The topological polar surface area (TPSA) is 64.4 Å². The number of ether oxygens (including phenoxy) is 1. The third-order valence-electron chi connectivity index (χ3n) is 5.15. The number of hydrogen-bond donors (Lipinski definition) is 1. The van der Waals surface area contributed by atoms with Crippen molar-refractivity contribution in [2.75, 3.05) is 12.4 Å². The van der Waals surface area contributed by atoms with Crippen LogP contribution in [0.15, 0.2) is 52.9 Å². The van der Waals surface area contributed by atoms with Crippen LogP contribution in [0.25, 0.3) is 22.6 Å². The summed E-state index contributed by atoms with van der Waals surface area (Å²) < 4.78 is 11.1. The van der Waals surface area contributed by atoms with Crippen LogP contribution in [0.4, 0.5) is 5.69 Å². The first-order valence-electron chi connectivity index (χ1n) is 9.49. The fourth-order valence-electron chi connectivity index (χ4n) is 3.20. The number of hydrogen-bond acceptors (Lipinski definition) is 4. The van der Waals surface area contributed by atoms with E-state index in [2.05, 4.69) is 10.3 Å². The molecule has 152 valence electrons. The molecule has 1 aromatic heterocycles. The molecule has 1 heterocycles. The number of nitrogens with zero attached hydrogens (tertiary/aromatic N) is 1. The number of fused-ring (bicyclic) bond motifs is 1. The predicted molar refractivity (Wildman–Crippen MR) is 120 cm³/mol. The molecule has 1 amide bonds. The number of nitrogens with one attached hydrogen (secondary N) is 1. The SMILES string of the molecule is COc1ccc(C(=O)Nc2cc(-c3nc4cc(C)c(C)cc4o3)ccc2C)cc1Cl. The minimum atomic E-state index is -0.261. The van der Waals surface area contributed by atoms with Crippen LogP contribution < -0.4 is 10.1 Å². The van der Waals surface area contributed by atoms with E-state index < -0.39 is 0 Å². The molecule has 0 aliphatic rings. The molecule has 3 aromatic carbocycles. The van der Waals surface area contributed by atoms with Gasteiger partial charge in [0.05, 0.1) is 12.1 Å². The van der Waals surface area contributed by atoms with Crippen LogP contribution in [0.2, 0.25) is 5.02 Å². The van der Waals surface area contributed by atoms with Crippen LogP contribution in [0, 0.1) is 20.8 Å². The van der Waals surface area contributed by atoms with Gasteiger partial charge in [-0.05, 0) is 79.9 Å². The number of carbonyl (C=O) groups is 1. The molecule has 0 spiro atoms. The van der Waals surface area contributed by atoms with Crippen LogP contribution in [0.1, 0.15) is 27.0 Å². The Balaban J connectivity index is 1.65. The Hall–Kier alpha value is -3.31. The minimum absolute atomic E-state index is 0.261. The number of methoxy groups -OCH3 is 1. The smallest absolute Gasteiger partial charge is 0.255 e. The highest BCUT2D eigenvalue weighted by molar-refractivity contribution is 6.32. The van der Waals surface area contributed by atoms with E-state index in [0.717, 1.165) is 33.4 Å². The molecule has 30 heavy (non-hydrogen) atoms. The third-order valence-corrected chi connectivity index (χ3v) is 5.45. The quantitative estimate of drug-likeness (QED) is 0.418. The molecule has 0 radical (unpaired) electrons. The standard InChI is InChI=1S/C24H21ClN2O3/c1-13-5-6-17(24-27-20-9-14(2)15(3)10-22(20)30-24)12-19(13)26-23(28)16-7-8-21(29-4)18(25)11-16/h5-12H,1-4H3,(H,26,28). The summed E-state index contributed by atoms with van der Waals surface area (Å²) in [5.41, 5.74) is 6.71. The van der Waals surface area contributed by atoms with Gasteiger partial charge in [-0.3, -0.25) is 4.79 Å². The summed E-state index contributed by atoms with van der Waals surface area (Å²) in [6, 6.07) is 14.7. The van der Waals surface area contributed by atoms with Crippen molar-refractivity contribution in [3.05, 3.63) is 75.8 Å². The number of anilines is 1. The van der Waals surface area contributed by atoms with E-state index in [9.17, 15) is 4.79 Å². The van der Waals surface area contributed by atoms with E-state index in [1.54, 1.807) is 18.2 Å². The van der Waals surface area contributed by atoms with Crippen molar-refractivity contribution in [1.29, 1.82) is 0 Å². The third kappa shape index (κ3) is 3.76. The number of rotatable bonds is 4. The van der Waals surface area contributed by atoms with Crippen molar-refractivity contribution in [3.63, 3.8) is 0 Å². The first-order chi connectivity index (χ1) is 14.4. The fourth-order valence-corrected chi connectivity index (χ4v) is 3.45. The van der Waals surface area contributed by atoms with Gasteiger partial charge in [0.2, 0.25) is 5.89 Å². The molecule has 0 aliphatic carbocycles. The number of halogens is 1. The summed E-state index contributed by atoms with van der Waals surface area (Å²) in [7, 11) is 1.53. The second-order valence-electron chi connectivity index (χ2n) is 7.26. The Morgan fingerprint density at radius 1 is 1.00 bits per heavy atom. The van der Waals surface area contributed by atoms with Gasteiger partial charge in [-0.15, -0.1) is 0 Å². The second-order valence-corrected chi connectivity index (χ2v) is 7.66. The number of benzene rings is 3. The molecule has 0 aliphatic heterocycles. The molecule has 0 unspecified atom stereocenters. The van der Waals surface area contributed by atoms with Crippen molar-refractivity contribution in [2.45, 2.75) is 20.8 Å². The van der Waals surface area contributed by atoms with Crippen LogP contribution in [-0.4, -0.2) is 18.0 Å². The summed E-state index contributed by atoms with van der Waals surface area (Å²) in [6.07, 6.45) is 0. The average molecular weight is 421 g/mol. The van der Waals surface area contributed by atoms with Gasteiger partial charge in [-0.1, -0.05) is 17.7 Å². The Morgan fingerprint density at radius 3 is 2.50 bits per heavy atom. The zero-order chi connectivity index (χ0) is 21.4. The number of aromatic nitrogens is 1. The highest BCUT2D eigenvalue weighted by Gasteiger charge is 2.14. The zero-order valence-corrected chi connectivity index (χ0v) is 17.9. The van der Waals surface area contributed by atoms with E-state index >= 15 is 0 Å². The van der Waals surface area contributed by atoms with E-state index in [1.807, 2.05) is 51.1 Å². The molecule has 0 bridgehead atoms. The van der Waals surface area contributed by atoms with Crippen molar-refractivity contribution in [1.82, 2.24) is 4.98 Å². The van der Waals surface area contributed by atoms with E-state index in [1.165, 1.54) is 7.11 Å². The van der Waals surface area contributed by atoms with Crippen molar-refractivity contribution < 1.29 is 13.9 Å². The first kappa shape index (κ1) is 20.0. The van der Waals surface area contributed by atoms with Gasteiger partial charge in [0.25, 0.3) is 5.91 Å². The normalized spacial score (nSPS) is 11.0. The van der Waals surface area contributed by atoms with Gasteiger partial charge < -0.3 is 14.5 Å². The summed E-state index contributed by atoms with van der Waals surface area (Å²) in [4.78, 5) is 17.3.